The highest BCUT2D eigenvalue weighted by Crippen LogP contribution is 2.40. The molecule has 0 aromatic carbocycles. The second-order valence-electron chi connectivity index (χ2n) is 5.50. The zero-order chi connectivity index (χ0) is 14.8. The van der Waals surface area contributed by atoms with Crippen LogP contribution < -0.4 is 0 Å². The van der Waals surface area contributed by atoms with Crippen molar-refractivity contribution < 1.29 is 23.1 Å². The van der Waals surface area contributed by atoms with Crippen molar-refractivity contribution in [3.63, 3.8) is 0 Å². The molecule has 2 rings (SSSR count). The summed E-state index contributed by atoms with van der Waals surface area (Å²) >= 11 is 0. The summed E-state index contributed by atoms with van der Waals surface area (Å²) in [6, 6.07) is 0. The van der Waals surface area contributed by atoms with Gasteiger partial charge in [-0.3, -0.25) is 0 Å². The number of rotatable bonds is 5. The summed E-state index contributed by atoms with van der Waals surface area (Å²) in [6.45, 7) is 2.18. The summed E-state index contributed by atoms with van der Waals surface area (Å²) in [5, 5.41) is 13.0. The van der Waals surface area contributed by atoms with E-state index in [2.05, 4.69) is 17.1 Å². The molecular formula is C13H20F2N2O3. The minimum atomic E-state index is -2.82. The van der Waals surface area contributed by atoms with Gasteiger partial charge >= 0.3 is 0 Å². The van der Waals surface area contributed by atoms with Crippen LogP contribution in [-0.4, -0.2) is 34.9 Å². The predicted molar refractivity (Wildman–Crippen MR) is 66.3 cm³/mol. The zero-order valence-corrected chi connectivity index (χ0v) is 11.7. The molecule has 0 spiro atoms. The Labute approximate surface area is 116 Å². The van der Waals surface area contributed by atoms with Crippen LogP contribution in [0.15, 0.2) is 4.52 Å². The van der Waals surface area contributed by atoms with E-state index in [0.29, 0.717) is 11.7 Å². The maximum absolute atomic E-state index is 12.3. The molecule has 0 saturated heterocycles. The number of halogens is 2. The van der Waals surface area contributed by atoms with Crippen LogP contribution in [0.2, 0.25) is 0 Å². The van der Waals surface area contributed by atoms with Crippen LogP contribution >= 0.6 is 0 Å². The maximum Gasteiger partial charge on any atom is 0.264 e. The van der Waals surface area contributed by atoms with E-state index in [1.807, 2.05) is 0 Å². The lowest BCUT2D eigenvalue weighted by Crippen LogP contribution is -2.34. The Kier molecular flexibility index (Phi) is 4.70. The number of methoxy groups -OCH3 is 1. The summed E-state index contributed by atoms with van der Waals surface area (Å²) < 4.78 is 35.1. The summed E-state index contributed by atoms with van der Waals surface area (Å²) in [6.07, 6.45) is -1.40. The lowest BCUT2D eigenvalue weighted by atomic mass is 9.79. The van der Waals surface area contributed by atoms with Crippen LogP contribution in [0.25, 0.3) is 0 Å². The quantitative estimate of drug-likeness (QED) is 0.901. The van der Waals surface area contributed by atoms with Crippen LogP contribution in [0.3, 0.4) is 0 Å². The third-order valence-electron chi connectivity index (χ3n) is 4.02. The molecule has 114 valence electrons. The highest BCUT2D eigenvalue weighted by atomic mass is 19.3. The van der Waals surface area contributed by atoms with Crippen LogP contribution in [-0.2, 0) is 16.8 Å². The first kappa shape index (κ1) is 15.3. The summed E-state index contributed by atoms with van der Waals surface area (Å²) in [7, 11) is 1.60. The number of nitrogens with zero attached hydrogens (tertiary/aromatic N) is 2. The summed E-state index contributed by atoms with van der Waals surface area (Å²) in [5.41, 5.74) is -0.593. The van der Waals surface area contributed by atoms with E-state index in [0.717, 1.165) is 25.7 Å². The van der Waals surface area contributed by atoms with Gasteiger partial charge in [0.1, 0.15) is 11.7 Å². The van der Waals surface area contributed by atoms with E-state index < -0.39 is 18.1 Å². The average Bonchev–Trinajstić information content (AvgIpc) is 2.89. The largest absolute Gasteiger partial charge is 0.387 e. The molecule has 1 N–H and O–H groups in total. The topological polar surface area (TPSA) is 68.4 Å². The van der Waals surface area contributed by atoms with E-state index in [9.17, 15) is 8.78 Å². The Morgan fingerprint density at radius 2 is 2.10 bits per heavy atom. The van der Waals surface area contributed by atoms with Gasteiger partial charge in [0, 0.05) is 7.11 Å². The lowest BCUT2D eigenvalue weighted by Gasteiger charge is -2.35. The van der Waals surface area contributed by atoms with Crippen molar-refractivity contribution in [1.82, 2.24) is 10.1 Å². The number of hydrogen-bond donors (Lipinski definition) is 1. The Hall–Kier alpha value is -1.08. The van der Waals surface area contributed by atoms with Crippen molar-refractivity contribution in [1.29, 1.82) is 0 Å². The van der Waals surface area contributed by atoms with Crippen LogP contribution in [0.4, 0.5) is 8.78 Å². The molecule has 1 fully saturated rings. The van der Waals surface area contributed by atoms with Gasteiger partial charge in [0.15, 0.2) is 0 Å². The first-order valence-electron chi connectivity index (χ1n) is 6.81. The number of hydrogen-bond acceptors (Lipinski definition) is 5. The molecule has 0 bridgehead atoms. The molecule has 1 aromatic heterocycles. The first-order valence-corrected chi connectivity index (χ1v) is 6.81. The van der Waals surface area contributed by atoms with Crippen molar-refractivity contribution in [3.05, 3.63) is 11.7 Å². The van der Waals surface area contributed by atoms with Crippen LogP contribution in [0, 0.1) is 5.92 Å². The molecule has 1 aromatic rings. The molecule has 1 heterocycles. The van der Waals surface area contributed by atoms with Gasteiger partial charge in [0.25, 0.3) is 6.43 Å². The summed E-state index contributed by atoms with van der Waals surface area (Å²) in [5.74, 6) is 1.04. The van der Waals surface area contributed by atoms with Crippen molar-refractivity contribution >= 4 is 0 Å². The van der Waals surface area contributed by atoms with Gasteiger partial charge in [-0.25, -0.2) is 8.78 Å². The second kappa shape index (κ2) is 6.13. The predicted octanol–water partition coefficient (Wildman–Crippen LogP) is 2.29. The Bertz CT molecular complexity index is 431. The molecule has 1 aliphatic rings. The Balaban J connectivity index is 2.10. The smallest absolute Gasteiger partial charge is 0.264 e. The Morgan fingerprint density at radius 1 is 1.45 bits per heavy atom. The van der Waals surface area contributed by atoms with Crippen molar-refractivity contribution in [2.24, 2.45) is 5.92 Å². The third kappa shape index (κ3) is 3.15. The molecule has 1 atom stereocenters. The molecule has 5 nitrogen and oxygen atoms in total. The van der Waals surface area contributed by atoms with E-state index in [4.69, 9.17) is 14.4 Å². The van der Waals surface area contributed by atoms with E-state index in [1.165, 1.54) is 0 Å². The normalized spacial score (nSPS) is 28.8. The van der Waals surface area contributed by atoms with Crippen molar-refractivity contribution in [3.8, 4) is 0 Å². The van der Waals surface area contributed by atoms with E-state index in [-0.39, 0.29) is 12.3 Å². The molecule has 0 radical (unpaired) electrons. The Morgan fingerprint density at radius 3 is 2.65 bits per heavy atom. The van der Waals surface area contributed by atoms with Gasteiger partial charge in [-0.2, -0.15) is 4.98 Å². The molecule has 1 unspecified atom stereocenters. The van der Waals surface area contributed by atoms with Crippen molar-refractivity contribution in [2.75, 3.05) is 7.11 Å². The molecule has 1 saturated carbocycles. The summed E-state index contributed by atoms with van der Waals surface area (Å²) in [4.78, 5) is 4.13. The van der Waals surface area contributed by atoms with E-state index >= 15 is 0 Å². The van der Waals surface area contributed by atoms with Gasteiger partial charge in [-0.05, 0) is 31.6 Å². The highest BCUT2D eigenvalue weighted by molar-refractivity contribution is 5.04. The minimum Gasteiger partial charge on any atom is -0.387 e. The van der Waals surface area contributed by atoms with Crippen LogP contribution in [0.5, 0.6) is 0 Å². The fourth-order valence-corrected chi connectivity index (χ4v) is 2.54. The maximum atomic E-state index is 12.3. The van der Waals surface area contributed by atoms with Gasteiger partial charge in [0.05, 0.1) is 6.42 Å². The van der Waals surface area contributed by atoms with Crippen molar-refractivity contribution in [2.45, 2.75) is 57.2 Å². The fourth-order valence-electron chi connectivity index (χ4n) is 2.54. The number of alkyl halides is 2. The molecule has 0 aliphatic heterocycles. The second-order valence-corrected chi connectivity index (χ2v) is 5.50. The van der Waals surface area contributed by atoms with Gasteiger partial charge in [-0.15, -0.1) is 0 Å². The molecule has 20 heavy (non-hydrogen) atoms. The number of ether oxygens (including phenoxy) is 1. The highest BCUT2D eigenvalue weighted by Gasteiger charge is 2.40. The molecule has 0 amide bonds. The van der Waals surface area contributed by atoms with Gasteiger partial charge in [0.2, 0.25) is 11.7 Å². The third-order valence-corrected chi connectivity index (χ3v) is 4.02. The first-order chi connectivity index (χ1) is 9.47. The number of aromatic nitrogens is 2. The number of aliphatic hydroxyl groups is 1. The minimum absolute atomic E-state index is 0.0165. The molecule has 7 heteroatoms. The average molecular weight is 290 g/mol. The standard InChI is InChI=1S/C13H20F2N2O3/c1-8-3-5-13(19-2,6-4-8)12-16-10(20-17-12)7-9(18)11(14)15/h8-9,11,18H,3-7H2,1-2H3. The van der Waals surface area contributed by atoms with Gasteiger partial charge in [-0.1, -0.05) is 12.1 Å². The van der Waals surface area contributed by atoms with E-state index in [1.54, 1.807) is 7.11 Å². The van der Waals surface area contributed by atoms with Gasteiger partial charge < -0.3 is 14.4 Å². The fraction of sp³-hybridized carbons (Fsp3) is 0.846. The number of aliphatic hydroxyl groups excluding tert-OH is 1. The molecular weight excluding hydrogens is 270 g/mol. The molecule has 1 aliphatic carbocycles. The lowest BCUT2D eigenvalue weighted by molar-refractivity contribution is -0.0609. The zero-order valence-electron chi connectivity index (χ0n) is 11.7. The SMILES string of the molecule is COC1(c2noc(CC(O)C(F)F)n2)CCC(C)CC1. The van der Waals surface area contributed by atoms with Crippen LogP contribution in [0.1, 0.15) is 44.3 Å². The monoisotopic (exact) mass is 290 g/mol.